The molecule has 1 aliphatic carbocycles. The monoisotopic (exact) mass is 556 g/mol. The minimum atomic E-state index is -2.55. The van der Waals surface area contributed by atoms with Gasteiger partial charge in [-0.1, -0.05) is 29.8 Å². The van der Waals surface area contributed by atoms with Crippen LogP contribution in [0.4, 0.5) is 0 Å². The average molecular weight is 557 g/mol. The van der Waals surface area contributed by atoms with Crippen molar-refractivity contribution in [2.75, 3.05) is 27.3 Å². The van der Waals surface area contributed by atoms with Crippen molar-refractivity contribution < 1.29 is 32.6 Å². The Hall–Kier alpha value is -3.12. The van der Waals surface area contributed by atoms with Crippen LogP contribution in [0, 0.1) is 12.3 Å². The second kappa shape index (κ2) is 12.0. The zero-order chi connectivity index (χ0) is 28.3. The van der Waals surface area contributed by atoms with E-state index in [0.717, 1.165) is 29.5 Å². The Morgan fingerprint density at radius 2 is 2.00 bits per heavy atom. The third kappa shape index (κ3) is 6.38. The first-order chi connectivity index (χ1) is 18.6. The van der Waals surface area contributed by atoms with E-state index in [1.54, 1.807) is 14.0 Å². The number of rotatable bonds is 13. The summed E-state index contributed by atoms with van der Waals surface area (Å²) in [4.78, 5) is 29.4. The molecule has 0 bridgehead atoms. The zero-order valence-electron chi connectivity index (χ0n) is 22.6. The summed E-state index contributed by atoms with van der Waals surface area (Å²) in [6.45, 7) is 3.74. The number of hydrogen-bond acceptors (Lipinski definition) is 7. The molecular formula is C28H34N3O7S-. The van der Waals surface area contributed by atoms with Crippen LogP contribution in [0.3, 0.4) is 0 Å². The third-order valence-electron chi connectivity index (χ3n) is 7.23. The molecule has 1 aliphatic rings. The number of ether oxygens (including phenoxy) is 1. The number of aryl methyl sites for hydroxylation is 1. The number of aliphatic carboxylic acids is 1. The molecule has 2 aromatic heterocycles. The van der Waals surface area contributed by atoms with Gasteiger partial charge in [0.1, 0.15) is 5.76 Å². The predicted octanol–water partition coefficient (Wildman–Crippen LogP) is 4.15. The van der Waals surface area contributed by atoms with E-state index in [4.69, 9.17) is 14.1 Å². The van der Waals surface area contributed by atoms with E-state index in [1.165, 1.54) is 11.4 Å². The van der Waals surface area contributed by atoms with Crippen LogP contribution in [0.5, 0.6) is 0 Å². The molecule has 2 N–H and O–H groups in total. The van der Waals surface area contributed by atoms with E-state index in [1.807, 2.05) is 37.3 Å². The van der Waals surface area contributed by atoms with Crippen LogP contribution in [0.2, 0.25) is 0 Å². The number of amides is 1. The van der Waals surface area contributed by atoms with Gasteiger partial charge in [-0.3, -0.25) is 13.8 Å². The first kappa shape index (κ1) is 28.9. The zero-order valence-corrected chi connectivity index (χ0v) is 23.4. The summed E-state index contributed by atoms with van der Waals surface area (Å²) >= 11 is -2.55. The molecular weight excluding hydrogens is 522 g/mol. The number of methoxy groups -OCH3 is 1. The maximum absolute atomic E-state index is 13.0. The lowest BCUT2D eigenvalue weighted by atomic mass is 9.86. The quantitative estimate of drug-likeness (QED) is 0.299. The van der Waals surface area contributed by atoms with Crippen molar-refractivity contribution in [3.05, 3.63) is 52.7 Å². The average Bonchev–Trinajstić information content (AvgIpc) is 3.68. The van der Waals surface area contributed by atoms with E-state index in [2.05, 4.69) is 5.32 Å². The summed E-state index contributed by atoms with van der Waals surface area (Å²) in [6.07, 6.45) is 2.49. The van der Waals surface area contributed by atoms with Gasteiger partial charge >= 0.3 is 5.97 Å². The molecule has 0 saturated heterocycles. The molecule has 0 spiro atoms. The van der Waals surface area contributed by atoms with Crippen LogP contribution in [0.1, 0.15) is 65.7 Å². The molecule has 1 saturated carbocycles. The molecule has 4 rings (SSSR count). The molecule has 1 amide bonds. The maximum atomic E-state index is 13.0. The number of hydrogen-bond donors (Lipinski definition) is 2. The van der Waals surface area contributed by atoms with Gasteiger partial charge in [0.05, 0.1) is 35.2 Å². The van der Waals surface area contributed by atoms with Gasteiger partial charge in [0.2, 0.25) is 5.71 Å². The summed E-state index contributed by atoms with van der Waals surface area (Å²) in [5, 5.41) is 12.9. The SMILES string of the molecule is CNC(=O)c1c(-c2ccc(C)cc2)oc2nc(CN(CCCC(C)(COC)C(=O)O)S(=O)[O-])c(C3CC3)cc12. The Balaban J connectivity index is 1.68. The molecule has 10 nitrogen and oxygen atoms in total. The van der Waals surface area contributed by atoms with Crippen LogP contribution < -0.4 is 5.32 Å². The Morgan fingerprint density at radius 1 is 1.31 bits per heavy atom. The molecule has 3 aromatic rings. The number of pyridine rings is 1. The highest BCUT2D eigenvalue weighted by Crippen LogP contribution is 2.44. The van der Waals surface area contributed by atoms with Gasteiger partial charge in [0, 0.05) is 37.5 Å². The van der Waals surface area contributed by atoms with Crippen LogP contribution in [-0.4, -0.2) is 62.3 Å². The Kier molecular flexibility index (Phi) is 8.85. The topological polar surface area (TPSA) is 145 Å². The summed E-state index contributed by atoms with van der Waals surface area (Å²) < 4.78 is 36.8. The second-order valence-corrected chi connectivity index (χ2v) is 11.3. The van der Waals surface area contributed by atoms with Crippen molar-refractivity contribution in [2.24, 2.45) is 5.41 Å². The van der Waals surface area contributed by atoms with Crippen molar-refractivity contribution in [1.82, 2.24) is 14.6 Å². The minimum absolute atomic E-state index is 0.0157. The van der Waals surface area contributed by atoms with Crippen LogP contribution >= 0.6 is 0 Å². The van der Waals surface area contributed by atoms with Crippen molar-refractivity contribution in [2.45, 2.75) is 52.0 Å². The number of carbonyl (C=O) groups is 2. The Morgan fingerprint density at radius 3 is 2.56 bits per heavy atom. The highest BCUT2D eigenvalue weighted by atomic mass is 32.2. The van der Waals surface area contributed by atoms with Gasteiger partial charge in [0.25, 0.3) is 5.91 Å². The van der Waals surface area contributed by atoms with Gasteiger partial charge in [0.15, 0.2) is 0 Å². The standard InChI is InChI=1S/C28H35N3O7S/c1-17-6-8-19(9-7-17)24-23(25(32)29-3)21-14-20(18-10-11-18)22(30-26(21)38-24)15-31(39(35)36)13-5-12-28(2,16-37-4)27(33)34/h6-9,14,18H,5,10-13,15-16H2,1-4H3,(H,29,32)(H,33,34)(H,35,36)/p-1. The van der Waals surface area contributed by atoms with Crippen molar-refractivity contribution in [3.63, 3.8) is 0 Å². The first-order valence-electron chi connectivity index (χ1n) is 12.9. The number of fused-ring (bicyclic) bond motifs is 1. The Labute approximate surface area is 230 Å². The van der Waals surface area contributed by atoms with Crippen LogP contribution in [0.25, 0.3) is 22.4 Å². The normalized spacial score (nSPS) is 15.8. The molecule has 2 atom stereocenters. The number of nitrogens with one attached hydrogen (secondary N) is 1. The highest BCUT2D eigenvalue weighted by molar-refractivity contribution is 7.76. The number of carboxylic acid groups (broad SMARTS) is 1. The fraction of sp³-hybridized carbons (Fsp3) is 0.464. The second-order valence-electron chi connectivity index (χ2n) is 10.4. The van der Waals surface area contributed by atoms with Crippen molar-refractivity contribution in [1.29, 1.82) is 0 Å². The summed E-state index contributed by atoms with van der Waals surface area (Å²) in [6, 6.07) is 9.56. The Bertz CT molecular complexity index is 1380. The van der Waals surface area contributed by atoms with Gasteiger partial charge in [-0.2, -0.15) is 0 Å². The fourth-order valence-corrected chi connectivity index (χ4v) is 5.29. The number of carbonyl (C=O) groups excluding carboxylic acids is 1. The molecule has 2 unspecified atom stereocenters. The van der Waals surface area contributed by atoms with Crippen molar-refractivity contribution >= 4 is 34.2 Å². The van der Waals surface area contributed by atoms with E-state index in [9.17, 15) is 23.5 Å². The number of furan rings is 1. The summed E-state index contributed by atoms with van der Waals surface area (Å²) in [5.74, 6) is -0.644. The van der Waals surface area contributed by atoms with Gasteiger partial charge in [-0.15, -0.1) is 0 Å². The van der Waals surface area contributed by atoms with E-state index in [0.29, 0.717) is 28.8 Å². The largest absolute Gasteiger partial charge is 0.760 e. The van der Waals surface area contributed by atoms with Gasteiger partial charge < -0.3 is 24.1 Å². The molecule has 1 aromatic carbocycles. The smallest absolute Gasteiger partial charge is 0.311 e. The van der Waals surface area contributed by atoms with E-state index < -0.39 is 22.7 Å². The van der Waals surface area contributed by atoms with E-state index >= 15 is 0 Å². The number of carboxylic acids is 1. The molecule has 0 aliphatic heterocycles. The summed E-state index contributed by atoms with van der Waals surface area (Å²) in [7, 11) is 3.00. The summed E-state index contributed by atoms with van der Waals surface area (Å²) in [5.41, 5.74) is 2.83. The molecule has 1 fully saturated rings. The molecule has 11 heteroatoms. The first-order valence-corrected chi connectivity index (χ1v) is 13.9. The van der Waals surface area contributed by atoms with Crippen LogP contribution in [0.15, 0.2) is 34.7 Å². The lowest BCUT2D eigenvalue weighted by Crippen LogP contribution is -2.34. The predicted molar refractivity (Wildman–Crippen MR) is 146 cm³/mol. The van der Waals surface area contributed by atoms with Crippen LogP contribution in [-0.2, 0) is 27.3 Å². The molecule has 2 heterocycles. The fourth-order valence-electron chi connectivity index (χ4n) is 4.79. The van der Waals surface area contributed by atoms with Gasteiger partial charge in [-0.05, 0) is 57.1 Å². The molecule has 210 valence electrons. The lowest BCUT2D eigenvalue weighted by Gasteiger charge is -2.28. The van der Waals surface area contributed by atoms with E-state index in [-0.39, 0.29) is 43.7 Å². The molecule has 0 radical (unpaired) electrons. The van der Waals surface area contributed by atoms with Crippen molar-refractivity contribution in [3.8, 4) is 11.3 Å². The minimum Gasteiger partial charge on any atom is -0.760 e. The lowest BCUT2D eigenvalue weighted by molar-refractivity contribution is -0.151. The highest BCUT2D eigenvalue weighted by Gasteiger charge is 2.34. The maximum Gasteiger partial charge on any atom is 0.311 e. The molecule has 39 heavy (non-hydrogen) atoms. The number of nitrogens with zero attached hydrogens (tertiary/aromatic N) is 2. The number of benzene rings is 1. The third-order valence-corrected chi connectivity index (χ3v) is 7.97. The van der Waals surface area contributed by atoms with Gasteiger partial charge in [-0.25, -0.2) is 9.29 Å². The number of aromatic nitrogens is 1.